The molecule has 0 rings (SSSR count). The van der Waals surface area contributed by atoms with Crippen LogP contribution in [0.15, 0.2) is 24.8 Å². The van der Waals surface area contributed by atoms with Gasteiger partial charge >= 0.3 is 13.8 Å². The van der Waals surface area contributed by atoms with Gasteiger partial charge < -0.3 is 19.2 Å². The summed E-state index contributed by atoms with van der Waals surface area (Å²) < 4.78 is 26.9. The number of hydrogen-bond acceptors (Lipinski definition) is 6. The number of ether oxygens (including phenoxy) is 1. The van der Waals surface area contributed by atoms with E-state index < -0.39 is 26.5 Å². The van der Waals surface area contributed by atoms with Gasteiger partial charge in [0.1, 0.15) is 25.9 Å². The van der Waals surface area contributed by atoms with Crippen LogP contribution >= 0.6 is 7.82 Å². The lowest BCUT2D eigenvalue weighted by atomic mass is 10.1. The predicted molar refractivity (Wildman–Crippen MR) is 127 cm³/mol. The van der Waals surface area contributed by atoms with Crippen molar-refractivity contribution in [2.75, 3.05) is 47.5 Å². The van der Waals surface area contributed by atoms with E-state index in [9.17, 15) is 19.4 Å². The summed E-state index contributed by atoms with van der Waals surface area (Å²) in [6.45, 7) is 3.56. The summed E-state index contributed by atoms with van der Waals surface area (Å²) in [6, 6.07) is 0. The topological polar surface area (TPSA) is 102 Å². The number of nitrogens with zero attached hydrogens (tertiary/aromatic N) is 1. The van der Waals surface area contributed by atoms with Crippen molar-refractivity contribution in [2.24, 2.45) is 0 Å². The molecule has 0 aliphatic carbocycles. The number of aliphatic hydroxyl groups is 1. The van der Waals surface area contributed by atoms with Crippen LogP contribution in [0.3, 0.4) is 0 Å². The number of carbonyl (C=O) groups excluding carboxylic acids is 1. The Bertz CT molecular complexity index is 575. The number of phosphoric acid groups is 1. The van der Waals surface area contributed by atoms with E-state index in [2.05, 4.69) is 18.7 Å². The van der Waals surface area contributed by atoms with Gasteiger partial charge in [-0.2, -0.15) is 0 Å². The zero-order valence-electron chi connectivity index (χ0n) is 20.2. The molecule has 0 fully saturated rings. The average Bonchev–Trinajstić information content (AvgIpc) is 2.70. The molecular weight excluding hydrogens is 433 g/mol. The highest BCUT2D eigenvalue weighted by molar-refractivity contribution is 7.47. The molecule has 0 bridgehead atoms. The Morgan fingerprint density at radius 2 is 1.59 bits per heavy atom. The van der Waals surface area contributed by atoms with Crippen LogP contribution in [0.1, 0.15) is 64.2 Å². The van der Waals surface area contributed by atoms with E-state index in [1.807, 2.05) is 27.2 Å². The number of allylic oxidation sites excluding steroid dienone is 3. The van der Waals surface area contributed by atoms with Gasteiger partial charge in [-0.05, 0) is 38.5 Å². The third-order valence-corrected chi connectivity index (χ3v) is 5.56. The third kappa shape index (κ3) is 22.2. The van der Waals surface area contributed by atoms with E-state index in [1.165, 1.54) is 0 Å². The van der Waals surface area contributed by atoms with Crippen molar-refractivity contribution >= 4 is 13.8 Å². The molecule has 8 nitrogen and oxygen atoms in total. The van der Waals surface area contributed by atoms with Crippen molar-refractivity contribution < 1.29 is 37.6 Å². The summed E-state index contributed by atoms with van der Waals surface area (Å²) >= 11 is 0. The third-order valence-electron chi connectivity index (χ3n) is 4.58. The molecule has 0 amide bonds. The Labute approximate surface area is 194 Å². The minimum atomic E-state index is -4.24. The molecule has 0 saturated carbocycles. The number of quaternary nitrogens is 1. The zero-order chi connectivity index (χ0) is 24.3. The molecule has 0 aliphatic heterocycles. The quantitative estimate of drug-likeness (QED) is 0.0830. The van der Waals surface area contributed by atoms with Crippen LogP contribution in [0.4, 0.5) is 0 Å². The van der Waals surface area contributed by atoms with Crippen LogP contribution in [0.25, 0.3) is 0 Å². The lowest BCUT2D eigenvalue weighted by Gasteiger charge is -2.24. The molecule has 0 aromatic carbocycles. The van der Waals surface area contributed by atoms with Gasteiger partial charge in [0.2, 0.25) is 0 Å². The van der Waals surface area contributed by atoms with Gasteiger partial charge in [-0.1, -0.05) is 37.5 Å². The molecule has 188 valence electrons. The summed E-state index contributed by atoms with van der Waals surface area (Å²) in [6.07, 6.45) is 15.0. The van der Waals surface area contributed by atoms with Crippen LogP contribution in [0.2, 0.25) is 0 Å². The second-order valence-electron chi connectivity index (χ2n) is 8.95. The predicted octanol–water partition coefficient (Wildman–Crippen LogP) is 4.37. The first-order valence-corrected chi connectivity index (χ1v) is 13.1. The maximum absolute atomic E-state index is 11.8. The van der Waals surface area contributed by atoms with Gasteiger partial charge in [-0.25, -0.2) is 4.57 Å². The maximum Gasteiger partial charge on any atom is 0.472 e. The Balaban J connectivity index is 3.66. The lowest BCUT2D eigenvalue weighted by Crippen LogP contribution is -2.37. The van der Waals surface area contributed by atoms with E-state index in [4.69, 9.17) is 13.8 Å². The average molecular weight is 479 g/mol. The van der Waals surface area contributed by atoms with Crippen molar-refractivity contribution in [1.82, 2.24) is 0 Å². The standard InChI is InChI=1S/C23H44NO7P/c1-5-6-7-8-9-10-11-12-13-14-15-16-17-23(26)29-20-22(25)21-31-32(27,28)30-19-18-24(2,3)4/h5,9-10,22,25H,1,6-8,11-21H2,2-4H3/p+1. The van der Waals surface area contributed by atoms with E-state index in [1.54, 1.807) is 0 Å². The number of rotatable bonds is 21. The number of unbranched alkanes of at least 4 members (excludes halogenated alkanes) is 7. The highest BCUT2D eigenvalue weighted by Crippen LogP contribution is 2.43. The first-order chi connectivity index (χ1) is 15.1. The summed E-state index contributed by atoms with van der Waals surface area (Å²) in [4.78, 5) is 21.3. The summed E-state index contributed by atoms with van der Waals surface area (Å²) in [5.74, 6) is -0.391. The number of aliphatic hydroxyl groups excluding tert-OH is 1. The van der Waals surface area contributed by atoms with Gasteiger partial charge in [0.15, 0.2) is 0 Å². The van der Waals surface area contributed by atoms with E-state index >= 15 is 0 Å². The minimum Gasteiger partial charge on any atom is -0.463 e. The van der Waals surface area contributed by atoms with Gasteiger partial charge in [0.05, 0.1) is 27.7 Å². The lowest BCUT2D eigenvalue weighted by molar-refractivity contribution is -0.870. The molecule has 0 spiro atoms. The molecule has 0 aromatic heterocycles. The van der Waals surface area contributed by atoms with Crippen molar-refractivity contribution in [2.45, 2.75) is 70.3 Å². The molecule has 0 aliphatic rings. The number of carbonyl (C=O) groups is 1. The summed E-state index contributed by atoms with van der Waals surface area (Å²) in [5, 5.41) is 9.79. The van der Waals surface area contributed by atoms with Gasteiger partial charge in [0.25, 0.3) is 0 Å². The molecule has 32 heavy (non-hydrogen) atoms. The molecule has 2 unspecified atom stereocenters. The molecular formula is C23H45NO7P+. The fraction of sp³-hybridized carbons (Fsp3) is 0.783. The van der Waals surface area contributed by atoms with Crippen molar-refractivity contribution in [3.63, 3.8) is 0 Å². The molecule has 0 heterocycles. The van der Waals surface area contributed by atoms with E-state index in [0.29, 0.717) is 17.4 Å². The van der Waals surface area contributed by atoms with Gasteiger partial charge in [0, 0.05) is 6.42 Å². The highest BCUT2D eigenvalue weighted by atomic mass is 31.2. The van der Waals surface area contributed by atoms with Crippen LogP contribution in [-0.4, -0.2) is 74.1 Å². The molecule has 2 N–H and O–H groups in total. The number of hydrogen-bond donors (Lipinski definition) is 2. The molecule has 2 atom stereocenters. The molecule has 0 aromatic rings. The highest BCUT2D eigenvalue weighted by Gasteiger charge is 2.24. The van der Waals surface area contributed by atoms with Crippen molar-refractivity contribution in [1.29, 1.82) is 0 Å². The van der Waals surface area contributed by atoms with E-state index in [-0.39, 0.29) is 13.2 Å². The van der Waals surface area contributed by atoms with Gasteiger partial charge in [-0.15, -0.1) is 6.58 Å². The summed E-state index contributed by atoms with van der Waals surface area (Å²) in [5.41, 5.74) is 0. The SMILES string of the molecule is C=CCCCC=CCCCCCCCC(=O)OCC(O)COP(=O)(O)OCC[N+](C)(C)C. The molecule has 0 saturated heterocycles. The van der Waals surface area contributed by atoms with E-state index in [0.717, 1.165) is 57.8 Å². The second-order valence-corrected chi connectivity index (χ2v) is 10.4. The van der Waals surface area contributed by atoms with Crippen LogP contribution < -0.4 is 0 Å². The number of likely N-dealkylation sites (N-methyl/N-ethyl adjacent to an activating group) is 1. The largest absolute Gasteiger partial charge is 0.472 e. The monoisotopic (exact) mass is 478 g/mol. The fourth-order valence-electron chi connectivity index (χ4n) is 2.63. The Kier molecular flexibility index (Phi) is 17.8. The van der Waals surface area contributed by atoms with Crippen molar-refractivity contribution in [3.05, 3.63) is 24.8 Å². The number of esters is 1. The smallest absolute Gasteiger partial charge is 0.463 e. The maximum atomic E-state index is 11.8. The Morgan fingerprint density at radius 1 is 0.969 bits per heavy atom. The Hall–Kier alpha value is -1.02. The minimum absolute atomic E-state index is 0.0508. The fourth-order valence-corrected chi connectivity index (χ4v) is 3.38. The van der Waals surface area contributed by atoms with Gasteiger partial charge in [-0.3, -0.25) is 13.8 Å². The van der Waals surface area contributed by atoms with Crippen LogP contribution in [0, 0.1) is 0 Å². The first-order valence-electron chi connectivity index (χ1n) is 11.6. The molecule has 0 radical (unpaired) electrons. The second kappa shape index (κ2) is 18.4. The summed E-state index contributed by atoms with van der Waals surface area (Å²) in [7, 11) is 1.54. The first kappa shape index (κ1) is 31.0. The number of phosphoric ester groups is 1. The van der Waals surface area contributed by atoms with Crippen LogP contribution in [0.5, 0.6) is 0 Å². The Morgan fingerprint density at radius 3 is 2.25 bits per heavy atom. The van der Waals surface area contributed by atoms with Crippen molar-refractivity contribution in [3.8, 4) is 0 Å². The zero-order valence-corrected chi connectivity index (χ0v) is 21.1. The molecule has 9 heteroatoms. The normalized spacial score (nSPS) is 14.9. The van der Waals surface area contributed by atoms with Crippen LogP contribution in [-0.2, 0) is 23.1 Å².